The predicted octanol–water partition coefficient (Wildman–Crippen LogP) is 2.78. The highest BCUT2D eigenvalue weighted by Gasteiger charge is 2.34. The minimum absolute atomic E-state index is 0.152. The van der Waals surface area contributed by atoms with Crippen molar-refractivity contribution < 1.29 is 19.2 Å². The van der Waals surface area contributed by atoms with E-state index in [-0.39, 0.29) is 11.6 Å². The lowest BCUT2D eigenvalue weighted by Gasteiger charge is -2.24. The second-order valence-corrected chi connectivity index (χ2v) is 5.40. The first kappa shape index (κ1) is 17.6. The number of nitro groups is 1. The molecule has 120 valence electrons. The molecule has 0 atom stereocenters. The van der Waals surface area contributed by atoms with E-state index in [1.807, 2.05) is 6.92 Å². The first-order chi connectivity index (χ1) is 10.2. The molecule has 0 aromatic heterocycles. The zero-order valence-corrected chi connectivity index (χ0v) is 13.1. The fourth-order valence-electron chi connectivity index (χ4n) is 2.08. The second kappa shape index (κ2) is 7.02. The van der Waals surface area contributed by atoms with Gasteiger partial charge in [-0.2, -0.15) is 0 Å². The highest BCUT2D eigenvalue weighted by Crippen LogP contribution is 2.34. The van der Waals surface area contributed by atoms with Crippen molar-refractivity contribution in [2.45, 2.75) is 39.0 Å². The van der Waals surface area contributed by atoms with Crippen molar-refractivity contribution in [2.75, 3.05) is 12.4 Å². The molecule has 0 radical (unpaired) electrons. The quantitative estimate of drug-likeness (QED) is 0.495. The van der Waals surface area contributed by atoms with Crippen LogP contribution in [-0.2, 0) is 19.7 Å². The van der Waals surface area contributed by atoms with E-state index < -0.39 is 16.3 Å². The summed E-state index contributed by atoms with van der Waals surface area (Å²) in [6.45, 7) is 5.05. The van der Waals surface area contributed by atoms with Gasteiger partial charge >= 0.3 is 5.97 Å². The summed E-state index contributed by atoms with van der Waals surface area (Å²) in [5.74, 6) is -0.753. The topological polar surface area (TPSA) is 98.5 Å². The summed E-state index contributed by atoms with van der Waals surface area (Å²) in [6.07, 6.45) is 1.00. The molecule has 7 heteroatoms. The SMILES string of the molecule is CCCC(=O)Nc1ccc([N+](=O)[O-])cc1C(C)(C)C(=O)OC. The molecule has 1 rings (SSSR count). The molecule has 0 aliphatic heterocycles. The van der Waals surface area contributed by atoms with Gasteiger partial charge in [-0.1, -0.05) is 6.92 Å². The molecule has 1 N–H and O–H groups in total. The van der Waals surface area contributed by atoms with Gasteiger partial charge in [-0.15, -0.1) is 0 Å². The van der Waals surface area contributed by atoms with Crippen LogP contribution in [0.5, 0.6) is 0 Å². The standard InChI is InChI=1S/C15H20N2O5/c1-5-6-13(18)16-12-8-7-10(17(20)21)9-11(12)15(2,3)14(19)22-4/h7-9H,5-6H2,1-4H3,(H,16,18). The number of carbonyl (C=O) groups excluding carboxylic acids is 2. The minimum Gasteiger partial charge on any atom is -0.468 e. The third kappa shape index (κ3) is 3.81. The van der Waals surface area contributed by atoms with Crippen molar-refractivity contribution in [1.29, 1.82) is 0 Å². The van der Waals surface area contributed by atoms with Gasteiger partial charge in [0, 0.05) is 24.2 Å². The molecule has 0 unspecified atom stereocenters. The average molecular weight is 308 g/mol. The molecule has 0 fully saturated rings. The van der Waals surface area contributed by atoms with E-state index in [1.54, 1.807) is 13.8 Å². The third-order valence-corrected chi connectivity index (χ3v) is 3.33. The summed E-state index contributed by atoms with van der Waals surface area (Å²) in [6, 6.07) is 4.02. The molecule has 7 nitrogen and oxygen atoms in total. The molecule has 0 saturated heterocycles. The smallest absolute Gasteiger partial charge is 0.315 e. The van der Waals surface area contributed by atoms with Crippen molar-refractivity contribution in [3.05, 3.63) is 33.9 Å². The van der Waals surface area contributed by atoms with Crippen LogP contribution in [-0.4, -0.2) is 23.9 Å². The number of hydrogen-bond donors (Lipinski definition) is 1. The molecular formula is C15H20N2O5. The molecule has 22 heavy (non-hydrogen) atoms. The van der Waals surface area contributed by atoms with Crippen LogP contribution < -0.4 is 5.32 Å². The fraction of sp³-hybridized carbons (Fsp3) is 0.467. The Hall–Kier alpha value is -2.44. The number of non-ortho nitro benzene ring substituents is 1. The van der Waals surface area contributed by atoms with E-state index in [0.29, 0.717) is 24.1 Å². The fourth-order valence-corrected chi connectivity index (χ4v) is 2.08. The number of benzene rings is 1. The maximum atomic E-state index is 12.0. The van der Waals surface area contributed by atoms with Crippen LogP contribution >= 0.6 is 0 Å². The molecule has 1 amide bonds. The lowest BCUT2D eigenvalue weighted by Crippen LogP contribution is -2.31. The van der Waals surface area contributed by atoms with Gasteiger partial charge in [-0.3, -0.25) is 19.7 Å². The summed E-state index contributed by atoms with van der Waals surface area (Å²) in [5.41, 5.74) is -0.562. The van der Waals surface area contributed by atoms with Crippen LogP contribution in [0.15, 0.2) is 18.2 Å². The predicted molar refractivity (Wildman–Crippen MR) is 81.7 cm³/mol. The number of amides is 1. The molecule has 0 spiro atoms. The number of hydrogen-bond acceptors (Lipinski definition) is 5. The zero-order chi connectivity index (χ0) is 16.9. The Labute approximate surface area is 128 Å². The van der Waals surface area contributed by atoms with Crippen LogP contribution in [0.2, 0.25) is 0 Å². The monoisotopic (exact) mass is 308 g/mol. The van der Waals surface area contributed by atoms with E-state index in [1.165, 1.54) is 25.3 Å². The Bertz CT molecular complexity index is 596. The number of nitro benzene ring substituents is 1. The number of rotatable bonds is 6. The van der Waals surface area contributed by atoms with E-state index in [2.05, 4.69) is 5.32 Å². The normalized spacial score (nSPS) is 10.9. The molecule has 0 aliphatic carbocycles. The maximum absolute atomic E-state index is 12.0. The Morgan fingerprint density at radius 3 is 2.50 bits per heavy atom. The Kier molecular flexibility index (Phi) is 5.62. The van der Waals surface area contributed by atoms with Gasteiger partial charge < -0.3 is 10.1 Å². The van der Waals surface area contributed by atoms with Crippen LogP contribution in [0.4, 0.5) is 11.4 Å². The van der Waals surface area contributed by atoms with Crippen molar-refractivity contribution in [3.63, 3.8) is 0 Å². The summed E-state index contributed by atoms with van der Waals surface area (Å²) in [7, 11) is 1.25. The molecular weight excluding hydrogens is 288 g/mol. The highest BCUT2D eigenvalue weighted by molar-refractivity contribution is 5.94. The number of anilines is 1. The van der Waals surface area contributed by atoms with Gasteiger partial charge in [-0.25, -0.2) is 0 Å². The number of nitrogens with one attached hydrogen (secondary N) is 1. The van der Waals surface area contributed by atoms with Crippen LogP contribution in [0.3, 0.4) is 0 Å². The molecule has 0 aliphatic rings. The van der Waals surface area contributed by atoms with Crippen molar-refractivity contribution in [2.24, 2.45) is 0 Å². The number of carbonyl (C=O) groups is 2. The average Bonchev–Trinajstić information content (AvgIpc) is 2.46. The van der Waals surface area contributed by atoms with Crippen molar-refractivity contribution in [1.82, 2.24) is 0 Å². The van der Waals surface area contributed by atoms with Crippen LogP contribution in [0, 0.1) is 10.1 Å². The number of ether oxygens (including phenoxy) is 1. The molecule has 1 aromatic carbocycles. The zero-order valence-electron chi connectivity index (χ0n) is 13.1. The Morgan fingerprint density at radius 1 is 1.36 bits per heavy atom. The minimum atomic E-state index is -1.13. The Balaban J connectivity index is 3.35. The Morgan fingerprint density at radius 2 is 2.00 bits per heavy atom. The maximum Gasteiger partial charge on any atom is 0.315 e. The lowest BCUT2D eigenvalue weighted by molar-refractivity contribution is -0.384. The van der Waals surface area contributed by atoms with Crippen molar-refractivity contribution >= 4 is 23.3 Å². The summed E-state index contributed by atoms with van der Waals surface area (Å²) < 4.78 is 4.76. The molecule has 0 heterocycles. The number of nitrogens with zero attached hydrogens (tertiary/aromatic N) is 1. The first-order valence-corrected chi connectivity index (χ1v) is 6.91. The third-order valence-electron chi connectivity index (χ3n) is 3.33. The molecule has 0 bridgehead atoms. The molecule has 1 aromatic rings. The van der Waals surface area contributed by atoms with Crippen LogP contribution in [0.1, 0.15) is 39.2 Å². The van der Waals surface area contributed by atoms with E-state index >= 15 is 0 Å². The van der Waals surface area contributed by atoms with Gasteiger partial charge in [-0.05, 0) is 31.9 Å². The second-order valence-electron chi connectivity index (χ2n) is 5.40. The largest absolute Gasteiger partial charge is 0.468 e. The van der Waals surface area contributed by atoms with Crippen molar-refractivity contribution in [3.8, 4) is 0 Å². The van der Waals surface area contributed by atoms with Crippen LogP contribution in [0.25, 0.3) is 0 Å². The molecule has 0 saturated carbocycles. The van der Waals surface area contributed by atoms with E-state index in [9.17, 15) is 19.7 Å². The van der Waals surface area contributed by atoms with E-state index in [0.717, 1.165) is 0 Å². The number of esters is 1. The van der Waals surface area contributed by atoms with Gasteiger partial charge in [0.25, 0.3) is 5.69 Å². The summed E-state index contributed by atoms with van der Waals surface area (Å²) in [4.78, 5) is 34.2. The van der Waals surface area contributed by atoms with Gasteiger partial charge in [0.05, 0.1) is 17.4 Å². The van der Waals surface area contributed by atoms with E-state index in [4.69, 9.17) is 4.74 Å². The van der Waals surface area contributed by atoms with Gasteiger partial charge in [0.2, 0.25) is 5.91 Å². The highest BCUT2D eigenvalue weighted by atomic mass is 16.6. The lowest BCUT2D eigenvalue weighted by atomic mass is 9.83. The summed E-state index contributed by atoms with van der Waals surface area (Å²) >= 11 is 0. The van der Waals surface area contributed by atoms with Gasteiger partial charge in [0.15, 0.2) is 0 Å². The number of methoxy groups -OCH3 is 1. The summed E-state index contributed by atoms with van der Waals surface area (Å²) in [5, 5.41) is 13.7. The first-order valence-electron chi connectivity index (χ1n) is 6.91. The van der Waals surface area contributed by atoms with Gasteiger partial charge in [0.1, 0.15) is 0 Å².